The van der Waals surface area contributed by atoms with Gasteiger partial charge in [0.2, 0.25) is 0 Å². The van der Waals surface area contributed by atoms with Gasteiger partial charge in [0.05, 0.1) is 18.3 Å². The van der Waals surface area contributed by atoms with Gasteiger partial charge in [0.15, 0.2) is 0 Å². The zero-order valence-electron chi connectivity index (χ0n) is 11.8. The first-order valence-corrected chi connectivity index (χ1v) is 5.86. The summed E-state index contributed by atoms with van der Waals surface area (Å²) in [5.74, 6) is 20.7. The maximum Gasteiger partial charge on any atom is 0.0963 e. The lowest BCUT2D eigenvalue weighted by Gasteiger charge is -2.20. The number of hydrogen-bond acceptors (Lipinski definition) is 2. The van der Waals surface area contributed by atoms with Gasteiger partial charge in [-0.25, -0.2) is 0 Å². The van der Waals surface area contributed by atoms with Crippen LogP contribution < -0.4 is 0 Å². The molecule has 2 nitrogen and oxygen atoms in total. The summed E-state index contributed by atoms with van der Waals surface area (Å²) in [5, 5.41) is 9.56. The number of hydrogen-bond donors (Lipinski definition) is 1. The zero-order chi connectivity index (χ0) is 14.6. The molecule has 0 aliphatic carbocycles. The molecule has 0 saturated heterocycles. The van der Waals surface area contributed by atoms with Crippen molar-refractivity contribution in [1.29, 1.82) is 0 Å². The molecule has 0 unspecified atom stereocenters. The summed E-state index contributed by atoms with van der Waals surface area (Å²) < 4.78 is 5.42. The van der Waals surface area contributed by atoms with Crippen LogP contribution in [0.5, 0.6) is 0 Å². The van der Waals surface area contributed by atoms with Crippen molar-refractivity contribution in [3.63, 3.8) is 0 Å². The first-order chi connectivity index (χ1) is 8.95. The molecule has 0 radical (unpaired) electrons. The van der Waals surface area contributed by atoms with Crippen molar-refractivity contribution >= 4 is 0 Å². The number of aliphatic hydroxyl groups excluding tert-OH is 1. The average molecular weight is 254 g/mol. The number of rotatable bonds is 3. The Labute approximate surface area is 116 Å². The summed E-state index contributed by atoms with van der Waals surface area (Å²) in [6.45, 7) is 7.75. The van der Waals surface area contributed by atoms with E-state index in [1.54, 1.807) is 19.1 Å². The molecule has 0 aromatic carbocycles. The summed E-state index contributed by atoms with van der Waals surface area (Å²) in [4.78, 5) is 0. The minimum absolute atomic E-state index is 0.245. The first kappa shape index (κ1) is 16.9. The second-order valence-electron chi connectivity index (χ2n) is 4.49. The Bertz CT molecular complexity index is 532. The van der Waals surface area contributed by atoms with Crippen LogP contribution in [0.3, 0.4) is 0 Å². The standard InChI is InChI=1S/C17H18O2/c1-5-6-7-8-9-10-11-12-13-14-16(18)15-19-17(2,3)4/h13-14,16,18H,15H2,1-4H3/b14-13+/t16-/m0/s1. The second kappa shape index (κ2) is 9.88. The fourth-order valence-corrected chi connectivity index (χ4v) is 0.815. The van der Waals surface area contributed by atoms with Crippen molar-refractivity contribution in [3.05, 3.63) is 12.2 Å². The van der Waals surface area contributed by atoms with Gasteiger partial charge >= 0.3 is 0 Å². The number of allylic oxidation sites excluding steroid dienone is 1. The fraction of sp³-hybridized carbons (Fsp3) is 0.412. The highest BCUT2D eigenvalue weighted by Gasteiger charge is 2.11. The van der Waals surface area contributed by atoms with Gasteiger partial charge < -0.3 is 9.84 Å². The Morgan fingerprint density at radius 3 is 2.21 bits per heavy atom. The van der Waals surface area contributed by atoms with Gasteiger partial charge in [-0.05, 0) is 75.4 Å². The van der Waals surface area contributed by atoms with E-state index in [9.17, 15) is 5.11 Å². The van der Waals surface area contributed by atoms with E-state index in [2.05, 4.69) is 47.4 Å². The minimum atomic E-state index is -0.666. The molecule has 0 amide bonds. The van der Waals surface area contributed by atoms with Crippen LogP contribution in [0.25, 0.3) is 0 Å². The van der Waals surface area contributed by atoms with Crippen molar-refractivity contribution in [3.8, 4) is 47.4 Å². The summed E-state index contributed by atoms with van der Waals surface area (Å²) in [6, 6.07) is 0. The molecule has 0 aromatic rings. The highest BCUT2D eigenvalue weighted by Crippen LogP contribution is 2.07. The van der Waals surface area contributed by atoms with Gasteiger partial charge in [-0.1, -0.05) is 11.8 Å². The predicted molar refractivity (Wildman–Crippen MR) is 77.6 cm³/mol. The topological polar surface area (TPSA) is 29.5 Å². The van der Waals surface area contributed by atoms with E-state index in [1.807, 2.05) is 20.8 Å². The van der Waals surface area contributed by atoms with Crippen LogP contribution >= 0.6 is 0 Å². The third-order valence-electron chi connectivity index (χ3n) is 1.60. The van der Waals surface area contributed by atoms with E-state index < -0.39 is 6.10 Å². The summed E-state index contributed by atoms with van der Waals surface area (Å²) in [6.07, 6.45) is 2.44. The van der Waals surface area contributed by atoms with Crippen molar-refractivity contribution < 1.29 is 9.84 Å². The van der Waals surface area contributed by atoms with Gasteiger partial charge in [-0.3, -0.25) is 0 Å². The molecule has 0 aliphatic rings. The Morgan fingerprint density at radius 1 is 1.05 bits per heavy atom. The second-order valence-corrected chi connectivity index (χ2v) is 4.49. The van der Waals surface area contributed by atoms with E-state index in [0.29, 0.717) is 0 Å². The molecule has 0 heterocycles. The lowest BCUT2D eigenvalue weighted by molar-refractivity contribution is -0.0367. The molecule has 0 rings (SSSR count). The van der Waals surface area contributed by atoms with Crippen molar-refractivity contribution in [1.82, 2.24) is 0 Å². The van der Waals surface area contributed by atoms with Crippen LogP contribution in [-0.4, -0.2) is 23.4 Å². The minimum Gasteiger partial charge on any atom is -0.387 e. The Kier molecular flexibility index (Phi) is 8.79. The molecular weight excluding hydrogens is 236 g/mol. The van der Waals surface area contributed by atoms with E-state index in [-0.39, 0.29) is 12.2 Å². The molecule has 0 bridgehead atoms. The van der Waals surface area contributed by atoms with Gasteiger partial charge in [0, 0.05) is 0 Å². The van der Waals surface area contributed by atoms with Crippen LogP contribution in [0.15, 0.2) is 12.2 Å². The van der Waals surface area contributed by atoms with Gasteiger partial charge in [-0.2, -0.15) is 0 Å². The first-order valence-electron chi connectivity index (χ1n) is 5.86. The third-order valence-corrected chi connectivity index (χ3v) is 1.60. The summed E-state index contributed by atoms with van der Waals surface area (Å²) in [5.41, 5.74) is -0.258. The SMILES string of the molecule is CC#CC#CC#CC#C/C=C/[C@H](O)COC(C)(C)C. The normalized spacial score (nSPS) is 10.8. The molecule has 0 saturated carbocycles. The largest absolute Gasteiger partial charge is 0.387 e. The molecule has 0 aromatic heterocycles. The van der Waals surface area contributed by atoms with Crippen LogP contribution in [-0.2, 0) is 4.74 Å². The lowest BCUT2D eigenvalue weighted by Crippen LogP contribution is -2.25. The molecule has 1 atom stereocenters. The molecule has 19 heavy (non-hydrogen) atoms. The van der Waals surface area contributed by atoms with E-state index in [1.165, 1.54) is 0 Å². The molecule has 0 spiro atoms. The van der Waals surface area contributed by atoms with Crippen LogP contribution in [0.2, 0.25) is 0 Å². The van der Waals surface area contributed by atoms with Crippen molar-refractivity contribution in [2.75, 3.05) is 6.61 Å². The van der Waals surface area contributed by atoms with Crippen LogP contribution in [0.1, 0.15) is 27.7 Å². The Hall–Kier alpha value is -2.10. The maximum absolute atomic E-state index is 9.56. The monoisotopic (exact) mass is 254 g/mol. The fourth-order valence-electron chi connectivity index (χ4n) is 0.815. The van der Waals surface area contributed by atoms with Crippen molar-refractivity contribution in [2.45, 2.75) is 39.4 Å². The summed E-state index contributed by atoms with van der Waals surface area (Å²) in [7, 11) is 0. The number of ether oxygens (including phenoxy) is 1. The molecule has 0 aliphatic heterocycles. The third kappa shape index (κ3) is 13.8. The van der Waals surface area contributed by atoms with Crippen LogP contribution in [0, 0.1) is 47.4 Å². The molecule has 1 N–H and O–H groups in total. The smallest absolute Gasteiger partial charge is 0.0963 e. The van der Waals surface area contributed by atoms with Crippen molar-refractivity contribution in [2.24, 2.45) is 0 Å². The van der Waals surface area contributed by atoms with Gasteiger partial charge in [0.1, 0.15) is 0 Å². The summed E-state index contributed by atoms with van der Waals surface area (Å²) >= 11 is 0. The van der Waals surface area contributed by atoms with E-state index in [4.69, 9.17) is 4.74 Å². The van der Waals surface area contributed by atoms with E-state index >= 15 is 0 Å². The molecule has 0 fully saturated rings. The Balaban J connectivity index is 4.09. The van der Waals surface area contributed by atoms with Gasteiger partial charge in [-0.15, -0.1) is 0 Å². The van der Waals surface area contributed by atoms with Gasteiger partial charge in [0.25, 0.3) is 0 Å². The lowest BCUT2D eigenvalue weighted by atomic mass is 10.2. The Morgan fingerprint density at radius 2 is 1.63 bits per heavy atom. The predicted octanol–water partition coefficient (Wildman–Crippen LogP) is 1.75. The van der Waals surface area contributed by atoms with E-state index in [0.717, 1.165) is 0 Å². The quantitative estimate of drug-likeness (QED) is 0.778. The highest BCUT2D eigenvalue weighted by molar-refractivity contribution is 5.40. The highest BCUT2D eigenvalue weighted by atomic mass is 16.5. The zero-order valence-corrected chi connectivity index (χ0v) is 11.8. The molecule has 98 valence electrons. The maximum atomic E-state index is 9.56. The molecular formula is C17H18O2. The van der Waals surface area contributed by atoms with Crippen LogP contribution in [0.4, 0.5) is 0 Å². The average Bonchev–Trinajstić information content (AvgIpc) is 2.33. The number of aliphatic hydroxyl groups is 1. The molecule has 2 heteroatoms.